The fraction of sp³-hybridized carbons (Fsp3) is 0.385. The maximum atomic E-state index is 11.9. The van der Waals surface area contributed by atoms with Crippen LogP contribution in [0.15, 0.2) is 29.2 Å². The Morgan fingerprint density at radius 2 is 2.28 bits per heavy atom. The maximum absolute atomic E-state index is 11.9. The van der Waals surface area contributed by atoms with Crippen molar-refractivity contribution in [2.45, 2.75) is 25.6 Å². The zero-order chi connectivity index (χ0) is 13.1. The largest absolute Gasteiger partial charge is 0.327 e. The van der Waals surface area contributed by atoms with E-state index in [-0.39, 0.29) is 11.6 Å². The molecule has 2 aromatic heterocycles. The minimum Gasteiger partial charge on any atom is -0.327 e. The van der Waals surface area contributed by atoms with Crippen molar-refractivity contribution >= 4 is 17.4 Å². The Balaban J connectivity index is 2.27. The first kappa shape index (κ1) is 13.1. The highest BCUT2D eigenvalue weighted by atomic mass is 32.2. The minimum absolute atomic E-state index is 0.0311. The molecule has 0 spiro atoms. The van der Waals surface area contributed by atoms with Gasteiger partial charge in [-0.3, -0.25) is 9.20 Å². The van der Waals surface area contributed by atoms with Gasteiger partial charge in [-0.05, 0) is 31.5 Å². The van der Waals surface area contributed by atoms with E-state index in [0.29, 0.717) is 5.65 Å². The quantitative estimate of drug-likeness (QED) is 0.910. The SMILES string of the molecule is Cc1ccn2c(=O)cc(CSCC(C)N)nc2c1. The molecule has 2 aromatic rings. The Labute approximate surface area is 110 Å². The van der Waals surface area contributed by atoms with Gasteiger partial charge in [0.15, 0.2) is 0 Å². The number of rotatable bonds is 4. The Kier molecular flexibility index (Phi) is 4.04. The van der Waals surface area contributed by atoms with Gasteiger partial charge in [0, 0.05) is 29.8 Å². The van der Waals surface area contributed by atoms with E-state index in [1.165, 1.54) is 0 Å². The van der Waals surface area contributed by atoms with Gasteiger partial charge in [-0.15, -0.1) is 0 Å². The van der Waals surface area contributed by atoms with E-state index in [4.69, 9.17) is 5.73 Å². The van der Waals surface area contributed by atoms with Gasteiger partial charge in [0.1, 0.15) is 5.65 Å². The lowest BCUT2D eigenvalue weighted by Crippen LogP contribution is -2.18. The standard InChI is InChI=1S/C13H17N3OS/c1-9-3-4-16-12(5-9)15-11(6-13(16)17)8-18-7-10(2)14/h3-6,10H,7-8,14H2,1-2H3. The summed E-state index contributed by atoms with van der Waals surface area (Å²) in [6, 6.07) is 5.58. The molecule has 4 nitrogen and oxygen atoms in total. The predicted molar refractivity (Wildman–Crippen MR) is 76.0 cm³/mol. The van der Waals surface area contributed by atoms with Gasteiger partial charge in [0.25, 0.3) is 5.56 Å². The van der Waals surface area contributed by atoms with Crippen molar-refractivity contribution in [1.82, 2.24) is 9.38 Å². The van der Waals surface area contributed by atoms with E-state index < -0.39 is 0 Å². The van der Waals surface area contributed by atoms with Crippen molar-refractivity contribution in [1.29, 1.82) is 0 Å². The first-order valence-electron chi connectivity index (χ1n) is 5.88. The second-order valence-corrected chi connectivity index (χ2v) is 5.54. The molecule has 0 aliphatic heterocycles. The molecule has 1 unspecified atom stereocenters. The summed E-state index contributed by atoms with van der Waals surface area (Å²) < 4.78 is 1.56. The number of aromatic nitrogens is 2. The third-order valence-corrected chi connectivity index (χ3v) is 3.77. The number of hydrogen-bond donors (Lipinski definition) is 1. The van der Waals surface area contributed by atoms with Crippen molar-refractivity contribution < 1.29 is 0 Å². The zero-order valence-corrected chi connectivity index (χ0v) is 11.4. The van der Waals surface area contributed by atoms with E-state index in [9.17, 15) is 4.79 Å². The van der Waals surface area contributed by atoms with Crippen LogP contribution >= 0.6 is 11.8 Å². The molecule has 18 heavy (non-hydrogen) atoms. The van der Waals surface area contributed by atoms with Crippen LogP contribution in [0.5, 0.6) is 0 Å². The third-order valence-electron chi connectivity index (χ3n) is 2.51. The molecule has 2 heterocycles. The van der Waals surface area contributed by atoms with Gasteiger partial charge in [-0.25, -0.2) is 4.98 Å². The van der Waals surface area contributed by atoms with Gasteiger partial charge in [-0.1, -0.05) is 0 Å². The van der Waals surface area contributed by atoms with Gasteiger partial charge in [0.05, 0.1) is 5.69 Å². The van der Waals surface area contributed by atoms with Gasteiger partial charge in [-0.2, -0.15) is 11.8 Å². The van der Waals surface area contributed by atoms with Crippen LogP contribution in [-0.2, 0) is 5.75 Å². The van der Waals surface area contributed by atoms with Crippen molar-refractivity contribution in [2.24, 2.45) is 5.73 Å². The number of pyridine rings is 1. The summed E-state index contributed by atoms with van der Waals surface area (Å²) in [4.78, 5) is 16.4. The molecule has 0 saturated heterocycles. The number of aryl methyl sites for hydroxylation is 1. The molecule has 1 atom stereocenters. The molecule has 0 aliphatic carbocycles. The molecule has 0 aromatic carbocycles. The van der Waals surface area contributed by atoms with E-state index >= 15 is 0 Å². The van der Waals surface area contributed by atoms with Crippen molar-refractivity contribution in [3.63, 3.8) is 0 Å². The molecule has 2 rings (SSSR count). The van der Waals surface area contributed by atoms with Crippen LogP contribution < -0.4 is 11.3 Å². The Hall–Kier alpha value is -1.33. The van der Waals surface area contributed by atoms with Crippen LogP contribution in [-0.4, -0.2) is 21.2 Å². The molecule has 5 heteroatoms. The van der Waals surface area contributed by atoms with E-state index in [1.54, 1.807) is 28.4 Å². The lowest BCUT2D eigenvalue weighted by Gasteiger charge is -2.06. The van der Waals surface area contributed by atoms with E-state index in [0.717, 1.165) is 22.8 Å². The fourth-order valence-corrected chi connectivity index (χ4v) is 2.52. The third kappa shape index (κ3) is 3.11. The Bertz CT molecular complexity index is 607. The Morgan fingerprint density at radius 1 is 1.50 bits per heavy atom. The van der Waals surface area contributed by atoms with Crippen molar-refractivity contribution in [2.75, 3.05) is 5.75 Å². The second kappa shape index (κ2) is 5.54. The number of fused-ring (bicyclic) bond motifs is 1. The summed E-state index contributed by atoms with van der Waals surface area (Å²) in [5.74, 6) is 1.59. The van der Waals surface area contributed by atoms with E-state index in [1.807, 2.05) is 26.0 Å². The number of nitrogens with zero attached hydrogens (tertiary/aromatic N) is 2. The zero-order valence-electron chi connectivity index (χ0n) is 10.6. The van der Waals surface area contributed by atoms with Crippen LogP contribution in [0, 0.1) is 6.92 Å². The maximum Gasteiger partial charge on any atom is 0.258 e. The molecule has 0 bridgehead atoms. The molecule has 96 valence electrons. The molecule has 0 fully saturated rings. The first-order chi connectivity index (χ1) is 8.56. The summed E-state index contributed by atoms with van der Waals surface area (Å²) >= 11 is 1.70. The predicted octanol–water partition coefficient (Wildman–Crippen LogP) is 1.58. The normalized spacial score (nSPS) is 12.8. The highest BCUT2D eigenvalue weighted by molar-refractivity contribution is 7.98. The summed E-state index contributed by atoms with van der Waals surface area (Å²) in [5.41, 5.74) is 8.28. The van der Waals surface area contributed by atoms with Gasteiger partial charge < -0.3 is 5.73 Å². The number of hydrogen-bond acceptors (Lipinski definition) is 4. The Morgan fingerprint density at radius 3 is 3.00 bits per heavy atom. The second-order valence-electron chi connectivity index (χ2n) is 4.51. The van der Waals surface area contributed by atoms with Crippen LogP contribution in [0.25, 0.3) is 5.65 Å². The molecular formula is C13H17N3OS. The number of nitrogens with two attached hydrogens (primary N) is 1. The first-order valence-corrected chi connectivity index (χ1v) is 7.04. The highest BCUT2D eigenvalue weighted by Gasteiger charge is 2.03. The molecule has 0 amide bonds. The molecular weight excluding hydrogens is 246 g/mol. The summed E-state index contributed by atoms with van der Waals surface area (Å²) in [6.07, 6.45) is 1.76. The van der Waals surface area contributed by atoms with Crippen LogP contribution in [0.3, 0.4) is 0 Å². The minimum atomic E-state index is -0.0311. The lowest BCUT2D eigenvalue weighted by atomic mass is 10.3. The average molecular weight is 263 g/mol. The van der Waals surface area contributed by atoms with E-state index in [2.05, 4.69) is 4.98 Å². The fourth-order valence-electron chi connectivity index (χ4n) is 1.68. The van der Waals surface area contributed by atoms with Crippen LogP contribution in [0.2, 0.25) is 0 Å². The summed E-state index contributed by atoms with van der Waals surface area (Å²) in [6.45, 7) is 3.96. The van der Waals surface area contributed by atoms with Crippen molar-refractivity contribution in [3.8, 4) is 0 Å². The number of thioether (sulfide) groups is 1. The molecule has 0 radical (unpaired) electrons. The summed E-state index contributed by atoms with van der Waals surface area (Å²) in [7, 11) is 0. The summed E-state index contributed by atoms with van der Waals surface area (Å²) in [5, 5.41) is 0. The highest BCUT2D eigenvalue weighted by Crippen LogP contribution is 2.11. The molecule has 0 aliphatic rings. The molecule has 2 N–H and O–H groups in total. The smallest absolute Gasteiger partial charge is 0.258 e. The van der Waals surface area contributed by atoms with Gasteiger partial charge in [0.2, 0.25) is 0 Å². The topological polar surface area (TPSA) is 60.4 Å². The monoisotopic (exact) mass is 263 g/mol. The van der Waals surface area contributed by atoms with Crippen LogP contribution in [0.1, 0.15) is 18.2 Å². The molecule has 0 saturated carbocycles. The van der Waals surface area contributed by atoms with Crippen molar-refractivity contribution in [3.05, 3.63) is 46.0 Å². The average Bonchev–Trinajstić information content (AvgIpc) is 2.27. The lowest BCUT2D eigenvalue weighted by molar-refractivity contribution is 0.846. The van der Waals surface area contributed by atoms with Crippen LogP contribution in [0.4, 0.5) is 0 Å². The van der Waals surface area contributed by atoms with Gasteiger partial charge >= 0.3 is 0 Å².